The van der Waals surface area contributed by atoms with Gasteiger partial charge < -0.3 is 15.4 Å². The van der Waals surface area contributed by atoms with Crippen LogP contribution in [0.25, 0.3) is 0 Å². The van der Waals surface area contributed by atoms with E-state index in [4.69, 9.17) is 16.3 Å². The summed E-state index contributed by atoms with van der Waals surface area (Å²) in [6.07, 6.45) is 4.48. The highest BCUT2D eigenvalue weighted by atomic mass is 35.5. The van der Waals surface area contributed by atoms with Crippen molar-refractivity contribution >= 4 is 29.1 Å². The highest BCUT2D eigenvalue weighted by Gasteiger charge is 2.30. The van der Waals surface area contributed by atoms with Gasteiger partial charge in [-0.25, -0.2) is 0 Å². The first-order valence-corrected chi connectivity index (χ1v) is 8.46. The summed E-state index contributed by atoms with van der Waals surface area (Å²) in [5, 5.41) is 6.24. The Kier molecular flexibility index (Phi) is 6.67. The van der Waals surface area contributed by atoms with Gasteiger partial charge in [0.25, 0.3) is 0 Å². The van der Waals surface area contributed by atoms with Crippen LogP contribution in [0.15, 0.2) is 30.9 Å². The van der Waals surface area contributed by atoms with E-state index in [1.807, 2.05) is 0 Å². The number of carbonyl (C=O) groups is 2. The van der Waals surface area contributed by atoms with Crippen LogP contribution in [0.1, 0.15) is 25.7 Å². The van der Waals surface area contributed by atoms with Crippen molar-refractivity contribution < 1.29 is 14.3 Å². The molecule has 130 valence electrons. The Bertz CT molecular complexity index is 610. The van der Waals surface area contributed by atoms with Gasteiger partial charge in [-0.1, -0.05) is 17.7 Å². The van der Waals surface area contributed by atoms with E-state index in [-0.39, 0.29) is 23.7 Å². The van der Waals surface area contributed by atoms with Crippen LogP contribution in [-0.4, -0.2) is 25.5 Å². The number of nitrogens with one attached hydrogen (secondary N) is 2. The number of halogens is 1. The van der Waals surface area contributed by atoms with Crippen molar-refractivity contribution in [1.82, 2.24) is 5.32 Å². The van der Waals surface area contributed by atoms with Crippen molar-refractivity contribution in [2.75, 3.05) is 19.0 Å². The van der Waals surface area contributed by atoms with Gasteiger partial charge in [0.05, 0.1) is 12.8 Å². The maximum atomic E-state index is 12.5. The molecule has 0 aliphatic heterocycles. The minimum atomic E-state index is -0.0999. The quantitative estimate of drug-likeness (QED) is 0.773. The standard InChI is InChI=1S/C18H23ClN2O3/c1-3-10-20-17(22)12-4-6-13(7-5-12)18(23)21-15-11-14(19)8-9-16(15)24-2/h3,8-9,11-13H,1,4-7,10H2,2H3,(H,20,22)(H,21,23). The topological polar surface area (TPSA) is 67.4 Å². The maximum Gasteiger partial charge on any atom is 0.227 e. The van der Waals surface area contributed by atoms with Crippen LogP contribution in [0.4, 0.5) is 5.69 Å². The normalized spacial score (nSPS) is 20.1. The van der Waals surface area contributed by atoms with E-state index >= 15 is 0 Å². The van der Waals surface area contributed by atoms with Crippen molar-refractivity contribution in [2.24, 2.45) is 11.8 Å². The van der Waals surface area contributed by atoms with Crippen molar-refractivity contribution in [2.45, 2.75) is 25.7 Å². The summed E-state index contributed by atoms with van der Waals surface area (Å²) in [6.45, 7) is 4.07. The Morgan fingerprint density at radius 3 is 2.46 bits per heavy atom. The van der Waals surface area contributed by atoms with E-state index in [2.05, 4.69) is 17.2 Å². The molecule has 0 atom stereocenters. The summed E-state index contributed by atoms with van der Waals surface area (Å²) in [5.74, 6) is 0.447. The van der Waals surface area contributed by atoms with Crippen molar-refractivity contribution in [3.05, 3.63) is 35.9 Å². The second-order valence-electron chi connectivity index (χ2n) is 5.92. The molecular weight excluding hydrogens is 328 g/mol. The van der Waals surface area contributed by atoms with Crippen LogP contribution in [0.3, 0.4) is 0 Å². The smallest absolute Gasteiger partial charge is 0.227 e. The number of hydrogen-bond donors (Lipinski definition) is 2. The lowest BCUT2D eigenvalue weighted by molar-refractivity contribution is -0.128. The van der Waals surface area contributed by atoms with Crippen LogP contribution in [0.2, 0.25) is 5.02 Å². The van der Waals surface area contributed by atoms with Crippen LogP contribution in [0.5, 0.6) is 5.75 Å². The van der Waals surface area contributed by atoms with E-state index in [1.165, 1.54) is 0 Å². The van der Waals surface area contributed by atoms with Gasteiger partial charge in [-0.2, -0.15) is 0 Å². The number of methoxy groups -OCH3 is 1. The van der Waals surface area contributed by atoms with Crippen LogP contribution >= 0.6 is 11.6 Å². The first-order chi connectivity index (χ1) is 11.5. The van der Waals surface area contributed by atoms with Gasteiger partial charge in [0.15, 0.2) is 0 Å². The summed E-state index contributed by atoms with van der Waals surface area (Å²) in [6, 6.07) is 5.11. The number of ether oxygens (including phenoxy) is 1. The van der Waals surface area contributed by atoms with Crippen LogP contribution in [-0.2, 0) is 9.59 Å². The average molecular weight is 351 g/mol. The Hall–Kier alpha value is -2.01. The summed E-state index contributed by atoms with van der Waals surface area (Å²) < 4.78 is 5.24. The molecule has 0 spiro atoms. The minimum Gasteiger partial charge on any atom is -0.495 e. The van der Waals surface area contributed by atoms with E-state index in [9.17, 15) is 9.59 Å². The molecule has 24 heavy (non-hydrogen) atoms. The molecule has 0 aromatic heterocycles. The number of amides is 2. The lowest BCUT2D eigenvalue weighted by Crippen LogP contribution is -2.35. The minimum absolute atomic E-state index is 0.0188. The van der Waals surface area contributed by atoms with Gasteiger partial charge in [-0.3, -0.25) is 9.59 Å². The molecule has 0 unspecified atom stereocenters. The average Bonchev–Trinajstić information content (AvgIpc) is 2.60. The van der Waals surface area contributed by atoms with Crippen molar-refractivity contribution in [3.8, 4) is 5.75 Å². The zero-order valence-corrected chi connectivity index (χ0v) is 14.6. The van der Waals surface area contributed by atoms with Gasteiger partial charge in [0, 0.05) is 23.4 Å². The molecule has 2 N–H and O–H groups in total. The molecule has 1 saturated carbocycles. The van der Waals surface area contributed by atoms with E-state index in [1.54, 1.807) is 31.4 Å². The monoisotopic (exact) mass is 350 g/mol. The first-order valence-electron chi connectivity index (χ1n) is 8.08. The Morgan fingerprint density at radius 2 is 1.88 bits per heavy atom. The fraction of sp³-hybridized carbons (Fsp3) is 0.444. The maximum absolute atomic E-state index is 12.5. The Balaban J connectivity index is 1.90. The molecule has 5 nitrogen and oxygen atoms in total. The second-order valence-corrected chi connectivity index (χ2v) is 6.35. The van der Waals surface area contributed by atoms with Crippen molar-refractivity contribution in [1.29, 1.82) is 0 Å². The highest BCUT2D eigenvalue weighted by Crippen LogP contribution is 2.32. The second kappa shape index (κ2) is 8.73. The molecule has 0 bridgehead atoms. The summed E-state index contributed by atoms with van der Waals surface area (Å²) >= 11 is 5.98. The van der Waals surface area contributed by atoms with E-state index in [0.29, 0.717) is 48.7 Å². The number of carbonyl (C=O) groups excluding carboxylic acids is 2. The summed E-state index contributed by atoms with van der Waals surface area (Å²) in [4.78, 5) is 24.4. The zero-order chi connectivity index (χ0) is 17.5. The molecule has 6 heteroatoms. The Morgan fingerprint density at radius 1 is 1.25 bits per heavy atom. The predicted octanol–water partition coefficient (Wildman–Crippen LogP) is 3.40. The van der Waals surface area contributed by atoms with Gasteiger partial charge in [0.2, 0.25) is 11.8 Å². The van der Waals surface area contributed by atoms with Crippen molar-refractivity contribution in [3.63, 3.8) is 0 Å². The van der Waals surface area contributed by atoms with Crippen LogP contribution in [0, 0.1) is 11.8 Å². The lowest BCUT2D eigenvalue weighted by atomic mass is 9.81. The fourth-order valence-electron chi connectivity index (χ4n) is 2.95. The van der Waals surface area contributed by atoms with Gasteiger partial charge in [-0.15, -0.1) is 6.58 Å². The lowest BCUT2D eigenvalue weighted by Gasteiger charge is -2.27. The van der Waals surface area contributed by atoms with E-state index < -0.39 is 0 Å². The molecule has 2 rings (SSSR count). The number of hydrogen-bond acceptors (Lipinski definition) is 3. The molecule has 0 radical (unpaired) electrons. The molecular formula is C18H23ClN2O3. The molecule has 1 aliphatic carbocycles. The highest BCUT2D eigenvalue weighted by molar-refractivity contribution is 6.31. The predicted molar refractivity (Wildman–Crippen MR) is 95.3 cm³/mol. The molecule has 0 saturated heterocycles. The third-order valence-corrected chi connectivity index (χ3v) is 4.54. The fourth-order valence-corrected chi connectivity index (χ4v) is 3.12. The summed E-state index contributed by atoms with van der Waals surface area (Å²) in [7, 11) is 1.55. The largest absolute Gasteiger partial charge is 0.495 e. The van der Waals surface area contributed by atoms with E-state index in [0.717, 1.165) is 0 Å². The number of anilines is 1. The zero-order valence-electron chi connectivity index (χ0n) is 13.8. The summed E-state index contributed by atoms with van der Waals surface area (Å²) in [5.41, 5.74) is 0.570. The first kappa shape index (κ1) is 18.3. The SMILES string of the molecule is C=CCNC(=O)C1CCC(C(=O)Nc2cc(Cl)ccc2OC)CC1. The third kappa shape index (κ3) is 4.74. The van der Waals surface area contributed by atoms with Gasteiger partial charge in [-0.05, 0) is 43.9 Å². The van der Waals surface area contributed by atoms with Crippen LogP contribution < -0.4 is 15.4 Å². The molecule has 1 aromatic rings. The van der Waals surface area contributed by atoms with Gasteiger partial charge >= 0.3 is 0 Å². The third-order valence-electron chi connectivity index (χ3n) is 4.31. The van der Waals surface area contributed by atoms with Gasteiger partial charge in [0.1, 0.15) is 5.75 Å². The molecule has 1 aliphatic rings. The molecule has 2 amide bonds. The molecule has 1 aromatic carbocycles. The number of rotatable bonds is 6. The number of benzene rings is 1. The molecule has 1 fully saturated rings. The Labute approximate surface area is 147 Å². The molecule has 0 heterocycles.